The first-order valence-electron chi connectivity index (χ1n) is 10.3. The molecule has 1 N–H and O–H groups in total. The van der Waals surface area contributed by atoms with Crippen LogP contribution in [0.4, 0.5) is 5.69 Å². The molecule has 3 aromatic rings. The number of aromatic nitrogens is 3. The van der Waals surface area contributed by atoms with Crippen molar-refractivity contribution in [1.82, 2.24) is 14.8 Å². The highest BCUT2D eigenvalue weighted by molar-refractivity contribution is 7.12. The zero-order valence-corrected chi connectivity index (χ0v) is 18.8. The van der Waals surface area contributed by atoms with E-state index >= 15 is 0 Å². The standard InChI is InChI=1S/C23H30N4OS/c1-6-7-8-11-20-17(4)26-27(18(20)5)23-24-19(14-29-23)13-22(28)25-21-12-9-10-15(2)16(21)3/h9-10,12,14H,6-8,11,13H2,1-5H3,(H,25,28). The van der Waals surface area contributed by atoms with Crippen LogP contribution in [-0.4, -0.2) is 20.7 Å². The number of nitrogens with one attached hydrogen (secondary N) is 1. The van der Waals surface area contributed by atoms with Gasteiger partial charge in [0.2, 0.25) is 11.0 Å². The number of anilines is 1. The van der Waals surface area contributed by atoms with Gasteiger partial charge in [-0.25, -0.2) is 9.67 Å². The van der Waals surface area contributed by atoms with E-state index < -0.39 is 0 Å². The zero-order chi connectivity index (χ0) is 21.0. The monoisotopic (exact) mass is 410 g/mol. The Morgan fingerprint density at radius 3 is 2.72 bits per heavy atom. The lowest BCUT2D eigenvalue weighted by molar-refractivity contribution is -0.115. The number of benzene rings is 1. The third-order valence-corrected chi connectivity index (χ3v) is 6.28. The van der Waals surface area contributed by atoms with Gasteiger partial charge in [-0.05, 0) is 63.3 Å². The molecule has 2 aromatic heterocycles. The van der Waals surface area contributed by atoms with E-state index in [1.165, 1.54) is 36.2 Å². The molecule has 0 aliphatic carbocycles. The van der Waals surface area contributed by atoms with Crippen molar-refractivity contribution in [2.45, 2.75) is 66.7 Å². The molecule has 0 spiro atoms. The largest absolute Gasteiger partial charge is 0.325 e. The molecule has 1 aromatic carbocycles. The number of nitrogens with zero attached hydrogens (tertiary/aromatic N) is 3. The summed E-state index contributed by atoms with van der Waals surface area (Å²) in [6, 6.07) is 5.94. The van der Waals surface area contributed by atoms with Gasteiger partial charge in [-0.1, -0.05) is 31.9 Å². The van der Waals surface area contributed by atoms with Gasteiger partial charge in [0.1, 0.15) is 0 Å². The Kier molecular flexibility index (Phi) is 6.85. The summed E-state index contributed by atoms with van der Waals surface area (Å²) in [4.78, 5) is 17.2. The molecule has 0 saturated heterocycles. The SMILES string of the molecule is CCCCCc1c(C)nn(-c2nc(CC(=O)Nc3cccc(C)c3C)cs2)c1C. The van der Waals surface area contributed by atoms with E-state index in [4.69, 9.17) is 5.10 Å². The van der Waals surface area contributed by atoms with Crippen molar-refractivity contribution in [1.29, 1.82) is 0 Å². The van der Waals surface area contributed by atoms with Crippen LogP contribution in [0.1, 0.15) is 60.0 Å². The van der Waals surface area contributed by atoms with Gasteiger partial charge < -0.3 is 5.32 Å². The van der Waals surface area contributed by atoms with Crippen molar-refractivity contribution in [3.8, 4) is 5.13 Å². The fourth-order valence-corrected chi connectivity index (χ4v) is 4.32. The minimum Gasteiger partial charge on any atom is -0.325 e. The Morgan fingerprint density at radius 1 is 1.17 bits per heavy atom. The van der Waals surface area contributed by atoms with Gasteiger partial charge >= 0.3 is 0 Å². The van der Waals surface area contributed by atoms with Gasteiger partial charge in [-0.2, -0.15) is 5.10 Å². The second kappa shape index (κ2) is 9.35. The fourth-order valence-electron chi connectivity index (χ4n) is 3.49. The number of unbranched alkanes of at least 4 members (excludes halogenated alkanes) is 2. The van der Waals surface area contributed by atoms with E-state index in [-0.39, 0.29) is 12.3 Å². The van der Waals surface area contributed by atoms with Crippen LogP contribution in [0.25, 0.3) is 5.13 Å². The number of rotatable bonds is 8. The fraction of sp³-hybridized carbons (Fsp3) is 0.435. The molecule has 3 rings (SSSR count). The Balaban J connectivity index is 1.70. The van der Waals surface area contributed by atoms with E-state index in [1.807, 2.05) is 42.1 Å². The maximum atomic E-state index is 12.5. The van der Waals surface area contributed by atoms with Crippen LogP contribution >= 0.6 is 11.3 Å². The summed E-state index contributed by atoms with van der Waals surface area (Å²) in [6.45, 7) is 10.5. The predicted molar refractivity (Wildman–Crippen MR) is 120 cm³/mol. The third kappa shape index (κ3) is 4.93. The first-order valence-corrected chi connectivity index (χ1v) is 11.1. The van der Waals surface area contributed by atoms with Crippen molar-refractivity contribution in [3.63, 3.8) is 0 Å². The molecular formula is C23H30N4OS. The lowest BCUT2D eigenvalue weighted by Crippen LogP contribution is -2.15. The number of amides is 1. The highest BCUT2D eigenvalue weighted by Gasteiger charge is 2.16. The summed E-state index contributed by atoms with van der Waals surface area (Å²) in [5.41, 5.74) is 7.44. The van der Waals surface area contributed by atoms with Gasteiger partial charge in [-0.3, -0.25) is 4.79 Å². The second-order valence-corrected chi connectivity index (χ2v) is 8.45. The Labute approximate surface area is 177 Å². The van der Waals surface area contributed by atoms with Gasteiger partial charge in [0.15, 0.2) is 0 Å². The molecule has 6 heteroatoms. The van der Waals surface area contributed by atoms with E-state index in [0.29, 0.717) is 0 Å². The molecule has 0 bridgehead atoms. The summed E-state index contributed by atoms with van der Waals surface area (Å²) < 4.78 is 1.92. The molecule has 154 valence electrons. The smallest absolute Gasteiger partial charge is 0.230 e. The van der Waals surface area contributed by atoms with Crippen molar-refractivity contribution in [2.24, 2.45) is 0 Å². The summed E-state index contributed by atoms with van der Waals surface area (Å²) in [5.74, 6) is -0.0517. The Bertz CT molecular complexity index is 1000. The third-order valence-electron chi connectivity index (χ3n) is 5.41. The Morgan fingerprint density at radius 2 is 1.97 bits per heavy atom. The first kappa shape index (κ1) is 21.2. The van der Waals surface area contributed by atoms with E-state index in [2.05, 4.69) is 31.1 Å². The molecule has 0 aliphatic heterocycles. The zero-order valence-electron chi connectivity index (χ0n) is 18.0. The molecule has 0 fully saturated rings. The van der Waals surface area contributed by atoms with Crippen LogP contribution < -0.4 is 5.32 Å². The number of hydrogen-bond donors (Lipinski definition) is 1. The van der Waals surface area contributed by atoms with Gasteiger partial charge in [-0.15, -0.1) is 11.3 Å². The molecular weight excluding hydrogens is 380 g/mol. The number of aryl methyl sites for hydroxylation is 2. The van der Waals surface area contributed by atoms with Crippen LogP contribution in [0.3, 0.4) is 0 Å². The van der Waals surface area contributed by atoms with E-state index in [1.54, 1.807) is 0 Å². The van der Waals surface area contributed by atoms with Crippen LogP contribution in [0, 0.1) is 27.7 Å². The molecule has 5 nitrogen and oxygen atoms in total. The second-order valence-electron chi connectivity index (χ2n) is 7.61. The van der Waals surface area contributed by atoms with Crippen molar-refractivity contribution < 1.29 is 4.79 Å². The maximum Gasteiger partial charge on any atom is 0.230 e. The minimum atomic E-state index is -0.0517. The average Bonchev–Trinajstić information content (AvgIpc) is 3.24. The molecule has 0 radical (unpaired) electrons. The summed E-state index contributed by atoms with van der Waals surface area (Å²) in [7, 11) is 0. The topological polar surface area (TPSA) is 59.8 Å². The molecule has 29 heavy (non-hydrogen) atoms. The summed E-state index contributed by atoms with van der Waals surface area (Å²) in [5, 5.41) is 10.5. The highest BCUT2D eigenvalue weighted by atomic mass is 32.1. The quantitative estimate of drug-likeness (QED) is 0.501. The lowest BCUT2D eigenvalue weighted by atomic mass is 10.1. The van der Waals surface area contributed by atoms with Gasteiger partial charge in [0.05, 0.1) is 17.8 Å². The Hall–Kier alpha value is -2.47. The maximum absolute atomic E-state index is 12.5. The van der Waals surface area contributed by atoms with Crippen LogP contribution in [0.15, 0.2) is 23.6 Å². The number of carbonyl (C=O) groups excluding carboxylic acids is 1. The van der Waals surface area contributed by atoms with E-state index in [9.17, 15) is 4.79 Å². The highest BCUT2D eigenvalue weighted by Crippen LogP contribution is 2.23. The van der Waals surface area contributed by atoms with Crippen molar-refractivity contribution in [3.05, 3.63) is 57.4 Å². The number of hydrogen-bond acceptors (Lipinski definition) is 4. The van der Waals surface area contributed by atoms with Gasteiger partial charge in [0.25, 0.3) is 0 Å². The minimum absolute atomic E-state index is 0.0517. The van der Waals surface area contributed by atoms with Gasteiger partial charge in [0, 0.05) is 16.8 Å². The van der Waals surface area contributed by atoms with Crippen LogP contribution in [0.5, 0.6) is 0 Å². The lowest BCUT2D eigenvalue weighted by Gasteiger charge is -2.09. The van der Waals surface area contributed by atoms with E-state index in [0.717, 1.165) is 45.4 Å². The van der Waals surface area contributed by atoms with Crippen LogP contribution in [-0.2, 0) is 17.6 Å². The number of thiazole rings is 1. The summed E-state index contributed by atoms with van der Waals surface area (Å²) >= 11 is 1.53. The average molecular weight is 411 g/mol. The summed E-state index contributed by atoms with van der Waals surface area (Å²) in [6.07, 6.45) is 4.95. The molecule has 0 unspecified atom stereocenters. The molecule has 0 atom stereocenters. The van der Waals surface area contributed by atoms with Crippen molar-refractivity contribution >= 4 is 22.9 Å². The molecule has 0 saturated carbocycles. The molecule has 1 amide bonds. The van der Waals surface area contributed by atoms with Crippen LogP contribution in [0.2, 0.25) is 0 Å². The number of carbonyl (C=O) groups is 1. The molecule has 0 aliphatic rings. The normalized spacial score (nSPS) is 11.1. The molecule has 2 heterocycles. The van der Waals surface area contributed by atoms with Crippen molar-refractivity contribution in [2.75, 3.05) is 5.32 Å². The first-order chi connectivity index (χ1) is 13.9. The predicted octanol–water partition coefficient (Wildman–Crippen LogP) is 5.48.